The van der Waals surface area contributed by atoms with Gasteiger partial charge in [-0.1, -0.05) is 205 Å². The summed E-state index contributed by atoms with van der Waals surface area (Å²) in [6.07, 6.45) is 45.1. The maximum Gasteiger partial charge on any atom is 0.472 e. The molecular weight excluding hydrogens is 723 g/mol. The number of carbonyl (C=O) groups excluding carboxylic acids is 1. The molecule has 0 aliphatic heterocycles. The first-order valence-electron chi connectivity index (χ1n) is 23.5. The van der Waals surface area contributed by atoms with Gasteiger partial charge in [-0.05, 0) is 38.5 Å². The third-order valence-corrected chi connectivity index (χ3v) is 11.6. The predicted octanol–water partition coefficient (Wildman–Crippen LogP) is 12.3. The van der Waals surface area contributed by atoms with Gasteiger partial charge in [0.05, 0.1) is 37.9 Å². The van der Waals surface area contributed by atoms with E-state index in [0.29, 0.717) is 12.8 Å². The first-order valence-corrected chi connectivity index (χ1v) is 25.0. The first-order chi connectivity index (χ1) is 27.3. The largest absolute Gasteiger partial charge is 0.472 e. The van der Waals surface area contributed by atoms with Crippen molar-refractivity contribution in [1.29, 1.82) is 0 Å². The molecule has 0 aliphatic carbocycles. The van der Waals surface area contributed by atoms with Gasteiger partial charge in [-0.25, -0.2) is 4.57 Å². The molecule has 0 fully saturated rings. The SMILES string of the molecule is CC/C=C\C/C=C\CCCCCCCCCCCCCCC(O)CC(=O)NC(COP(=O)(O)OCCN)C(O)CCCCCCCCCCCCCCCCC. The average molecular weight is 815 g/mol. The summed E-state index contributed by atoms with van der Waals surface area (Å²) in [6.45, 7) is 3.96. The summed E-state index contributed by atoms with van der Waals surface area (Å²) < 4.78 is 22.2. The minimum atomic E-state index is -4.38. The molecule has 4 unspecified atom stereocenters. The van der Waals surface area contributed by atoms with E-state index in [4.69, 9.17) is 14.8 Å². The topological polar surface area (TPSA) is 151 Å². The molecule has 56 heavy (non-hydrogen) atoms. The molecular formula is C46H91N2O7P. The highest BCUT2D eigenvalue weighted by molar-refractivity contribution is 7.47. The van der Waals surface area contributed by atoms with Crippen molar-refractivity contribution in [1.82, 2.24) is 5.32 Å². The van der Waals surface area contributed by atoms with Gasteiger partial charge in [0.25, 0.3) is 0 Å². The molecule has 0 saturated heterocycles. The summed E-state index contributed by atoms with van der Waals surface area (Å²) in [5.41, 5.74) is 5.38. The van der Waals surface area contributed by atoms with E-state index in [2.05, 4.69) is 43.5 Å². The van der Waals surface area contributed by atoms with Crippen molar-refractivity contribution < 1.29 is 33.5 Å². The minimum absolute atomic E-state index is 0.0602. The number of nitrogens with two attached hydrogens (primary N) is 1. The highest BCUT2D eigenvalue weighted by atomic mass is 31.2. The Hall–Kier alpha value is -1.06. The Morgan fingerprint density at radius 2 is 1.07 bits per heavy atom. The lowest BCUT2D eigenvalue weighted by Crippen LogP contribution is -2.47. The molecule has 0 aliphatic rings. The summed E-state index contributed by atoms with van der Waals surface area (Å²) in [4.78, 5) is 22.8. The second-order valence-corrected chi connectivity index (χ2v) is 17.6. The molecule has 0 aromatic carbocycles. The second-order valence-electron chi connectivity index (χ2n) is 16.1. The Morgan fingerprint density at radius 3 is 1.55 bits per heavy atom. The van der Waals surface area contributed by atoms with Crippen molar-refractivity contribution in [3.63, 3.8) is 0 Å². The van der Waals surface area contributed by atoms with Crippen molar-refractivity contribution in [2.75, 3.05) is 19.8 Å². The molecule has 0 saturated carbocycles. The summed E-state index contributed by atoms with van der Waals surface area (Å²) in [5, 5.41) is 24.2. The van der Waals surface area contributed by atoms with Gasteiger partial charge in [0.2, 0.25) is 5.91 Å². The van der Waals surface area contributed by atoms with E-state index in [1.807, 2.05) is 0 Å². The van der Waals surface area contributed by atoms with Gasteiger partial charge in [-0.15, -0.1) is 0 Å². The fraction of sp³-hybridized carbons (Fsp3) is 0.891. The van der Waals surface area contributed by atoms with E-state index < -0.39 is 32.0 Å². The fourth-order valence-corrected chi connectivity index (χ4v) is 7.86. The number of amides is 1. The number of allylic oxidation sites excluding steroid dienone is 4. The lowest BCUT2D eigenvalue weighted by molar-refractivity contribution is -0.125. The average Bonchev–Trinajstić information content (AvgIpc) is 3.17. The normalized spacial score (nSPS) is 14.8. The summed E-state index contributed by atoms with van der Waals surface area (Å²) in [5.74, 6) is -0.412. The van der Waals surface area contributed by atoms with Crippen LogP contribution in [0.5, 0.6) is 0 Å². The van der Waals surface area contributed by atoms with E-state index in [9.17, 15) is 24.5 Å². The molecule has 0 aromatic rings. The lowest BCUT2D eigenvalue weighted by atomic mass is 10.0. The van der Waals surface area contributed by atoms with E-state index in [1.165, 1.54) is 141 Å². The number of rotatable bonds is 44. The molecule has 1 amide bonds. The van der Waals surface area contributed by atoms with E-state index in [-0.39, 0.29) is 26.2 Å². The van der Waals surface area contributed by atoms with Gasteiger partial charge in [0.1, 0.15) is 0 Å². The van der Waals surface area contributed by atoms with Gasteiger partial charge >= 0.3 is 7.82 Å². The first kappa shape index (κ1) is 54.9. The molecule has 0 rings (SSSR count). The van der Waals surface area contributed by atoms with Gasteiger partial charge in [-0.3, -0.25) is 13.8 Å². The molecule has 0 aromatic heterocycles. The number of nitrogens with one attached hydrogen (secondary N) is 1. The van der Waals surface area contributed by atoms with Crippen LogP contribution in [0.15, 0.2) is 24.3 Å². The minimum Gasteiger partial charge on any atom is -0.393 e. The van der Waals surface area contributed by atoms with Crippen molar-refractivity contribution >= 4 is 13.7 Å². The van der Waals surface area contributed by atoms with E-state index in [1.54, 1.807) is 0 Å². The molecule has 0 spiro atoms. The van der Waals surface area contributed by atoms with E-state index in [0.717, 1.165) is 51.4 Å². The summed E-state index contributed by atoms with van der Waals surface area (Å²) >= 11 is 0. The van der Waals surface area contributed by atoms with Crippen LogP contribution in [0.3, 0.4) is 0 Å². The highest BCUT2D eigenvalue weighted by Crippen LogP contribution is 2.43. The molecule has 4 atom stereocenters. The standard InChI is InChI=1S/C46H91N2O7P/c1-3-5-7-9-11-13-15-17-19-20-21-22-24-25-27-29-31-33-35-37-43(49)41-46(51)48-44(42-55-56(52,53)54-40-39-47)45(50)38-36-34-32-30-28-26-23-18-16-14-12-10-8-6-4-2/h5,7,11,13,43-45,49-50H,3-4,6,8-10,12,14-42,47H2,1-2H3,(H,48,51)(H,52,53)/b7-5-,13-11-. The van der Waals surface area contributed by atoms with Crippen LogP contribution in [0.1, 0.15) is 226 Å². The number of unbranched alkanes of at least 4 members (excludes halogenated alkanes) is 26. The predicted molar refractivity (Wildman–Crippen MR) is 237 cm³/mol. The number of carbonyl (C=O) groups is 1. The highest BCUT2D eigenvalue weighted by Gasteiger charge is 2.28. The van der Waals surface area contributed by atoms with Gasteiger partial charge in [0.15, 0.2) is 0 Å². The number of hydrogen-bond donors (Lipinski definition) is 5. The van der Waals surface area contributed by atoms with Crippen LogP contribution in [0.25, 0.3) is 0 Å². The van der Waals surface area contributed by atoms with Crippen molar-refractivity contribution in [3.8, 4) is 0 Å². The van der Waals surface area contributed by atoms with Crippen LogP contribution < -0.4 is 11.1 Å². The zero-order valence-electron chi connectivity index (χ0n) is 36.5. The van der Waals surface area contributed by atoms with Crippen molar-refractivity contribution in [3.05, 3.63) is 24.3 Å². The number of hydrogen-bond acceptors (Lipinski definition) is 7. The van der Waals surface area contributed by atoms with Gasteiger partial charge in [0, 0.05) is 6.54 Å². The molecule has 0 radical (unpaired) electrons. The quantitative estimate of drug-likeness (QED) is 0.0232. The Morgan fingerprint density at radius 1 is 0.625 bits per heavy atom. The Labute approximate surface area is 345 Å². The monoisotopic (exact) mass is 815 g/mol. The van der Waals surface area contributed by atoms with Crippen LogP contribution in [-0.2, 0) is 18.4 Å². The van der Waals surface area contributed by atoms with Crippen LogP contribution in [-0.4, -0.2) is 59.0 Å². The fourth-order valence-electron chi connectivity index (χ4n) is 7.10. The molecule has 10 heteroatoms. The second kappa shape index (κ2) is 42.1. The van der Waals surface area contributed by atoms with Crippen LogP contribution in [0, 0.1) is 0 Å². The van der Waals surface area contributed by atoms with E-state index >= 15 is 0 Å². The van der Waals surface area contributed by atoms with Crippen LogP contribution in [0.2, 0.25) is 0 Å². The van der Waals surface area contributed by atoms with Gasteiger partial charge in [-0.2, -0.15) is 0 Å². The molecule has 9 nitrogen and oxygen atoms in total. The third-order valence-electron chi connectivity index (χ3n) is 10.6. The van der Waals surface area contributed by atoms with Crippen molar-refractivity contribution in [2.45, 2.75) is 244 Å². The molecule has 0 heterocycles. The zero-order chi connectivity index (χ0) is 41.2. The zero-order valence-corrected chi connectivity index (χ0v) is 37.4. The summed E-state index contributed by atoms with van der Waals surface area (Å²) in [7, 11) is -4.38. The number of aliphatic hydroxyl groups excluding tert-OH is 2. The molecule has 0 bridgehead atoms. The lowest BCUT2D eigenvalue weighted by Gasteiger charge is -2.25. The Kier molecular flexibility index (Phi) is 41.3. The Bertz CT molecular complexity index is 950. The van der Waals surface area contributed by atoms with Crippen LogP contribution >= 0.6 is 7.82 Å². The Balaban J connectivity index is 4.17. The number of aliphatic hydroxyl groups is 2. The number of phosphoric acid groups is 1. The smallest absolute Gasteiger partial charge is 0.393 e. The maximum absolute atomic E-state index is 12.9. The van der Waals surface area contributed by atoms with Crippen LogP contribution in [0.4, 0.5) is 0 Å². The summed E-state index contributed by atoms with van der Waals surface area (Å²) in [6, 6.07) is -0.895. The maximum atomic E-state index is 12.9. The number of phosphoric ester groups is 1. The van der Waals surface area contributed by atoms with Gasteiger partial charge < -0.3 is 26.2 Å². The third kappa shape index (κ3) is 39.8. The van der Waals surface area contributed by atoms with Crippen molar-refractivity contribution in [2.24, 2.45) is 5.73 Å². The molecule has 332 valence electrons. The molecule has 6 N–H and O–H groups in total.